The van der Waals surface area contributed by atoms with E-state index in [2.05, 4.69) is 11.4 Å². The van der Waals surface area contributed by atoms with Gasteiger partial charge in [-0.3, -0.25) is 4.79 Å². The van der Waals surface area contributed by atoms with Gasteiger partial charge in [-0.2, -0.15) is 5.26 Å². The number of carbonyl (C=O) groups is 1. The first-order valence-corrected chi connectivity index (χ1v) is 6.01. The molecule has 0 aliphatic rings. The Kier molecular flexibility index (Phi) is 4.87. The molecule has 0 saturated heterocycles. The quantitative estimate of drug-likeness (QED) is 0.852. The number of nitriles is 1. The molecule has 0 bridgehead atoms. The van der Waals surface area contributed by atoms with Crippen LogP contribution in [0.25, 0.3) is 0 Å². The van der Waals surface area contributed by atoms with Gasteiger partial charge in [0.15, 0.2) is 0 Å². The number of nitrogens with one attached hydrogen (secondary N) is 1. The fourth-order valence-electron chi connectivity index (χ4n) is 1.73. The zero-order valence-corrected chi connectivity index (χ0v) is 11.0. The molecule has 0 aliphatic carbocycles. The fourth-order valence-corrected chi connectivity index (χ4v) is 1.73. The van der Waals surface area contributed by atoms with Gasteiger partial charge in [0.05, 0.1) is 17.6 Å². The van der Waals surface area contributed by atoms with E-state index in [1.807, 2.05) is 26.8 Å². The van der Waals surface area contributed by atoms with Crippen LogP contribution < -0.4 is 11.1 Å². The van der Waals surface area contributed by atoms with Crippen molar-refractivity contribution < 1.29 is 4.79 Å². The van der Waals surface area contributed by atoms with E-state index in [0.717, 1.165) is 5.56 Å². The van der Waals surface area contributed by atoms with Crippen molar-refractivity contribution in [3.05, 3.63) is 29.3 Å². The molecule has 1 unspecified atom stereocenters. The highest BCUT2D eigenvalue weighted by atomic mass is 16.1. The lowest BCUT2D eigenvalue weighted by molar-refractivity contribution is -0.120. The second-order valence-electron chi connectivity index (χ2n) is 4.72. The largest absolute Gasteiger partial charge is 0.330 e. The smallest absolute Gasteiger partial charge is 0.229 e. The Bertz CT molecular complexity index is 474. The predicted octanol–water partition coefficient (Wildman–Crippen LogP) is 2.04. The normalized spacial score (nSPS) is 12.0. The molecule has 3 N–H and O–H groups in total. The van der Waals surface area contributed by atoms with Crippen LogP contribution in [-0.2, 0) is 4.79 Å². The molecule has 4 heteroatoms. The summed E-state index contributed by atoms with van der Waals surface area (Å²) in [6.07, 6.45) is 0. The summed E-state index contributed by atoms with van der Waals surface area (Å²) in [7, 11) is 0. The monoisotopic (exact) mass is 245 g/mol. The number of rotatable bonds is 4. The highest BCUT2D eigenvalue weighted by molar-refractivity contribution is 5.93. The number of nitrogens with zero attached hydrogens (tertiary/aromatic N) is 1. The van der Waals surface area contributed by atoms with Crippen molar-refractivity contribution in [1.82, 2.24) is 0 Å². The third kappa shape index (κ3) is 3.31. The molecule has 96 valence electrons. The van der Waals surface area contributed by atoms with Crippen LogP contribution in [0.15, 0.2) is 18.2 Å². The van der Waals surface area contributed by atoms with Crippen LogP contribution in [0.1, 0.15) is 25.0 Å². The number of nitrogens with two attached hydrogens (primary N) is 1. The third-order valence-corrected chi connectivity index (χ3v) is 3.02. The van der Waals surface area contributed by atoms with E-state index in [1.165, 1.54) is 0 Å². The lowest BCUT2D eigenvalue weighted by Crippen LogP contribution is -2.33. The lowest BCUT2D eigenvalue weighted by Gasteiger charge is -2.19. The van der Waals surface area contributed by atoms with Crippen LogP contribution in [0.4, 0.5) is 5.69 Å². The highest BCUT2D eigenvalue weighted by Gasteiger charge is 2.20. The Morgan fingerprint density at radius 1 is 1.50 bits per heavy atom. The first kappa shape index (κ1) is 14.2. The maximum absolute atomic E-state index is 12.1. The molecule has 0 radical (unpaired) electrons. The average Bonchev–Trinajstić information content (AvgIpc) is 2.32. The minimum Gasteiger partial charge on any atom is -0.330 e. The van der Waals surface area contributed by atoms with Crippen LogP contribution >= 0.6 is 0 Å². The Morgan fingerprint density at radius 3 is 2.67 bits per heavy atom. The Balaban J connectivity index is 2.91. The third-order valence-electron chi connectivity index (χ3n) is 3.02. The number of aryl methyl sites for hydroxylation is 1. The van der Waals surface area contributed by atoms with Crippen molar-refractivity contribution in [2.75, 3.05) is 11.9 Å². The molecule has 0 aromatic heterocycles. The molecule has 0 aliphatic heterocycles. The van der Waals surface area contributed by atoms with Crippen molar-refractivity contribution in [1.29, 1.82) is 5.26 Å². The first-order valence-electron chi connectivity index (χ1n) is 6.01. The van der Waals surface area contributed by atoms with Crippen LogP contribution in [0.3, 0.4) is 0 Å². The predicted molar refractivity (Wildman–Crippen MR) is 71.9 cm³/mol. The van der Waals surface area contributed by atoms with Gasteiger partial charge < -0.3 is 11.1 Å². The minimum atomic E-state index is -0.213. The maximum Gasteiger partial charge on any atom is 0.229 e. The molecule has 0 fully saturated rings. The van der Waals surface area contributed by atoms with Gasteiger partial charge in [0.25, 0.3) is 0 Å². The van der Waals surface area contributed by atoms with Crippen molar-refractivity contribution in [3.63, 3.8) is 0 Å². The number of amides is 1. The van der Waals surface area contributed by atoms with Gasteiger partial charge in [0.1, 0.15) is 0 Å². The zero-order valence-electron chi connectivity index (χ0n) is 11.0. The molecule has 0 saturated carbocycles. The van der Waals surface area contributed by atoms with Crippen LogP contribution in [0.5, 0.6) is 0 Å². The lowest BCUT2D eigenvalue weighted by atomic mass is 9.95. The summed E-state index contributed by atoms with van der Waals surface area (Å²) >= 11 is 0. The molecular weight excluding hydrogens is 226 g/mol. The van der Waals surface area contributed by atoms with E-state index in [4.69, 9.17) is 11.0 Å². The highest BCUT2D eigenvalue weighted by Crippen LogP contribution is 2.19. The summed E-state index contributed by atoms with van der Waals surface area (Å²) < 4.78 is 0. The molecule has 1 aromatic rings. The first-order chi connectivity index (χ1) is 8.49. The Morgan fingerprint density at radius 2 is 2.17 bits per heavy atom. The van der Waals surface area contributed by atoms with E-state index in [9.17, 15) is 4.79 Å². The van der Waals surface area contributed by atoms with Gasteiger partial charge in [-0.1, -0.05) is 19.9 Å². The van der Waals surface area contributed by atoms with E-state index < -0.39 is 0 Å². The second-order valence-corrected chi connectivity index (χ2v) is 4.72. The Labute approximate surface area is 108 Å². The summed E-state index contributed by atoms with van der Waals surface area (Å²) in [5.41, 5.74) is 7.75. The van der Waals surface area contributed by atoms with E-state index >= 15 is 0 Å². The topological polar surface area (TPSA) is 78.9 Å². The molecular formula is C14H19N3O. The van der Waals surface area contributed by atoms with Crippen LogP contribution in [-0.4, -0.2) is 12.5 Å². The van der Waals surface area contributed by atoms with Crippen molar-refractivity contribution in [2.45, 2.75) is 20.8 Å². The molecule has 1 atom stereocenters. The molecule has 18 heavy (non-hydrogen) atoms. The van der Waals surface area contributed by atoms with Gasteiger partial charge in [0.2, 0.25) is 5.91 Å². The molecule has 0 heterocycles. The Hall–Kier alpha value is -1.86. The summed E-state index contributed by atoms with van der Waals surface area (Å²) in [6.45, 7) is 6.15. The number of carbonyl (C=O) groups excluding carboxylic acids is 1. The van der Waals surface area contributed by atoms with Crippen molar-refractivity contribution >= 4 is 11.6 Å². The second kappa shape index (κ2) is 6.18. The van der Waals surface area contributed by atoms with Gasteiger partial charge in [-0.05, 0) is 30.5 Å². The average molecular weight is 245 g/mol. The van der Waals surface area contributed by atoms with Crippen molar-refractivity contribution in [2.24, 2.45) is 17.6 Å². The molecule has 4 nitrogen and oxygen atoms in total. The number of benzene rings is 1. The summed E-state index contributed by atoms with van der Waals surface area (Å²) in [5, 5.41) is 11.7. The van der Waals surface area contributed by atoms with Crippen LogP contribution in [0, 0.1) is 30.1 Å². The molecule has 1 amide bonds. The number of anilines is 1. The summed E-state index contributed by atoms with van der Waals surface area (Å²) in [6, 6.07) is 7.29. The summed E-state index contributed by atoms with van der Waals surface area (Å²) in [5.74, 6) is -0.115. The van der Waals surface area contributed by atoms with Crippen molar-refractivity contribution in [3.8, 4) is 6.07 Å². The zero-order chi connectivity index (χ0) is 13.7. The molecule has 1 rings (SSSR count). The van der Waals surface area contributed by atoms with E-state index in [1.54, 1.807) is 12.1 Å². The van der Waals surface area contributed by atoms with Crippen LogP contribution in [0.2, 0.25) is 0 Å². The van der Waals surface area contributed by atoms with Gasteiger partial charge in [-0.25, -0.2) is 0 Å². The maximum atomic E-state index is 12.1. The fraction of sp³-hybridized carbons (Fsp3) is 0.429. The van der Waals surface area contributed by atoms with E-state index in [-0.39, 0.29) is 17.7 Å². The minimum absolute atomic E-state index is 0.0920. The van der Waals surface area contributed by atoms with Gasteiger partial charge in [0, 0.05) is 12.2 Å². The number of hydrogen-bond acceptors (Lipinski definition) is 3. The SMILES string of the molecule is Cc1ccc(C#N)cc1NC(=O)C(CN)C(C)C. The van der Waals surface area contributed by atoms with Gasteiger partial charge >= 0.3 is 0 Å². The summed E-state index contributed by atoms with van der Waals surface area (Å²) in [4.78, 5) is 12.1. The van der Waals surface area contributed by atoms with E-state index in [0.29, 0.717) is 17.8 Å². The standard InChI is InChI=1S/C14H19N3O/c1-9(2)12(8-16)14(18)17-13-6-11(7-15)5-4-10(13)3/h4-6,9,12H,8,16H2,1-3H3,(H,17,18). The molecule has 1 aromatic carbocycles. The number of hydrogen-bond donors (Lipinski definition) is 2. The van der Waals surface area contributed by atoms with Gasteiger partial charge in [-0.15, -0.1) is 0 Å². The molecule has 0 spiro atoms.